The van der Waals surface area contributed by atoms with Crippen molar-refractivity contribution >= 4 is 11.6 Å². The highest BCUT2D eigenvalue weighted by Crippen LogP contribution is 2.16. The van der Waals surface area contributed by atoms with Crippen LogP contribution in [0.1, 0.15) is 6.92 Å². The number of hydrogen-bond donors (Lipinski definition) is 1. The van der Waals surface area contributed by atoms with E-state index in [4.69, 9.17) is 21.4 Å². The summed E-state index contributed by atoms with van der Waals surface area (Å²) >= 11 is 5.72. The molecule has 0 amide bonds. The number of aliphatic hydroxyl groups excluding tert-OH is 1. The second-order valence-electron chi connectivity index (χ2n) is 2.62. The van der Waals surface area contributed by atoms with Gasteiger partial charge in [0.2, 0.25) is 0 Å². The zero-order valence-electron chi connectivity index (χ0n) is 6.83. The minimum Gasteiger partial charge on any atom is -0.491 e. The first-order valence-corrected chi connectivity index (χ1v) is 4.12. The predicted octanol–water partition coefficient (Wildman–Crippen LogP) is 2.10. The second kappa shape index (κ2) is 4.33. The lowest BCUT2D eigenvalue weighted by Gasteiger charge is -2.07. The van der Waals surface area contributed by atoms with E-state index in [1.807, 2.05) is 0 Å². The van der Waals surface area contributed by atoms with E-state index >= 15 is 0 Å². The zero-order valence-corrected chi connectivity index (χ0v) is 7.58. The SMILES string of the molecule is C[C@@H](O)COc1cccc(Cl)c1. The van der Waals surface area contributed by atoms with Crippen molar-refractivity contribution in [3.8, 4) is 5.75 Å². The molecule has 1 aromatic carbocycles. The highest BCUT2D eigenvalue weighted by Gasteiger charge is 1.97. The topological polar surface area (TPSA) is 29.5 Å². The molecule has 0 radical (unpaired) electrons. The third kappa shape index (κ3) is 3.11. The Kier molecular flexibility index (Phi) is 3.38. The Balaban J connectivity index is 2.52. The molecular weight excluding hydrogens is 176 g/mol. The van der Waals surface area contributed by atoms with Gasteiger partial charge in [-0.2, -0.15) is 0 Å². The summed E-state index contributed by atoms with van der Waals surface area (Å²) in [6.07, 6.45) is -0.455. The fourth-order valence-corrected chi connectivity index (χ4v) is 0.954. The molecule has 1 rings (SSSR count). The maximum atomic E-state index is 8.92. The van der Waals surface area contributed by atoms with Crippen molar-refractivity contribution < 1.29 is 9.84 Å². The molecule has 0 aliphatic carbocycles. The van der Waals surface area contributed by atoms with Crippen LogP contribution in [0.5, 0.6) is 5.75 Å². The molecule has 2 nitrogen and oxygen atoms in total. The van der Waals surface area contributed by atoms with Crippen LogP contribution < -0.4 is 4.74 Å². The van der Waals surface area contributed by atoms with E-state index in [1.165, 1.54) is 0 Å². The summed E-state index contributed by atoms with van der Waals surface area (Å²) < 4.78 is 5.21. The molecule has 0 heterocycles. The maximum Gasteiger partial charge on any atom is 0.120 e. The lowest BCUT2D eigenvalue weighted by molar-refractivity contribution is 0.123. The molecule has 0 aliphatic heterocycles. The van der Waals surface area contributed by atoms with Gasteiger partial charge in [0.15, 0.2) is 0 Å². The summed E-state index contributed by atoms with van der Waals surface area (Å²) in [5.74, 6) is 0.684. The van der Waals surface area contributed by atoms with Gasteiger partial charge in [0, 0.05) is 5.02 Å². The summed E-state index contributed by atoms with van der Waals surface area (Å²) in [7, 11) is 0. The van der Waals surface area contributed by atoms with Gasteiger partial charge in [0.05, 0.1) is 6.10 Å². The number of aliphatic hydroxyl groups is 1. The van der Waals surface area contributed by atoms with Crippen LogP contribution in [0.15, 0.2) is 24.3 Å². The van der Waals surface area contributed by atoms with Crippen LogP contribution in [0.4, 0.5) is 0 Å². The Bertz CT molecular complexity index is 248. The standard InChI is InChI=1S/C9H11ClO2/c1-7(11)6-12-9-4-2-3-8(10)5-9/h2-5,7,11H,6H2,1H3/t7-/m1/s1. The fraction of sp³-hybridized carbons (Fsp3) is 0.333. The van der Waals surface area contributed by atoms with Crippen molar-refractivity contribution in [3.05, 3.63) is 29.3 Å². The minimum absolute atomic E-state index is 0.292. The summed E-state index contributed by atoms with van der Waals surface area (Å²) in [5, 5.41) is 9.56. The molecular formula is C9H11ClO2. The predicted molar refractivity (Wildman–Crippen MR) is 48.6 cm³/mol. The molecule has 1 N–H and O–H groups in total. The Morgan fingerprint density at radius 1 is 1.58 bits per heavy atom. The fourth-order valence-electron chi connectivity index (χ4n) is 0.774. The molecule has 0 spiro atoms. The van der Waals surface area contributed by atoms with Gasteiger partial charge in [-0.3, -0.25) is 0 Å². The monoisotopic (exact) mass is 186 g/mol. The number of hydrogen-bond acceptors (Lipinski definition) is 2. The Morgan fingerprint density at radius 2 is 2.33 bits per heavy atom. The molecule has 1 aromatic rings. The lowest BCUT2D eigenvalue weighted by atomic mass is 10.3. The highest BCUT2D eigenvalue weighted by atomic mass is 35.5. The van der Waals surface area contributed by atoms with E-state index in [-0.39, 0.29) is 0 Å². The maximum absolute atomic E-state index is 8.92. The van der Waals surface area contributed by atoms with Gasteiger partial charge in [0.25, 0.3) is 0 Å². The van der Waals surface area contributed by atoms with Crippen molar-refractivity contribution in [1.82, 2.24) is 0 Å². The average molecular weight is 187 g/mol. The van der Waals surface area contributed by atoms with Gasteiger partial charge in [-0.1, -0.05) is 17.7 Å². The minimum atomic E-state index is -0.455. The molecule has 3 heteroatoms. The van der Waals surface area contributed by atoms with E-state index in [0.29, 0.717) is 17.4 Å². The normalized spacial score (nSPS) is 12.6. The molecule has 0 unspecified atom stereocenters. The quantitative estimate of drug-likeness (QED) is 0.784. The van der Waals surface area contributed by atoms with Crippen LogP contribution >= 0.6 is 11.6 Å². The van der Waals surface area contributed by atoms with Crippen molar-refractivity contribution in [2.45, 2.75) is 13.0 Å². The summed E-state index contributed by atoms with van der Waals surface area (Å²) in [6.45, 7) is 1.96. The van der Waals surface area contributed by atoms with Crippen LogP contribution in [-0.4, -0.2) is 17.8 Å². The molecule has 0 saturated heterocycles. The van der Waals surface area contributed by atoms with E-state index in [1.54, 1.807) is 31.2 Å². The van der Waals surface area contributed by atoms with Crippen LogP contribution in [0.3, 0.4) is 0 Å². The smallest absolute Gasteiger partial charge is 0.120 e. The Hall–Kier alpha value is -0.730. The Labute approximate surface area is 76.7 Å². The summed E-state index contributed by atoms with van der Waals surface area (Å²) in [4.78, 5) is 0. The third-order valence-electron chi connectivity index (χ3n) is 1.29. The van der Waals surface area contributed by atoms with Crippen molar-refractivity contribution in [3.63, 3.8) is 0 Å². The van der Waals surface area contributed by atoms with E-state index in [2.05, 4.69) is 0 Å². The highest BCUT2D eigenvalue weighted by molar-refractivity contribution is 6.30. The summed E-state index contributed by atoms with van der Waals surface area (Å²) in [5.41, 5.74) is 0. The van der Waals surface area contributed by atoms with Crippen molar-refractivity contribution in [1.29, 1.82) is 0 Å². The molecule has 0 fully saturated rings. The second-order valence-corrected chi connectivity index (χ2v) is 3.05. The molecule has 0 aliphatic rings. The number of ether oxygens (including phenoxy) is 1. The van der Waals surface area contributed by atoms with Crippen LogP contribution in [0, 0.1) is 0 Å². The van der Waals surface area contributed by atoms with Crippen LogP contribution in [0.25, 0.3) is 0 Å². The first-order chi connectivity index (χ1) is 5.68. The summed E-state index contributed by atoms with van der Waals surface area (Å²) in [6, 6.07) is 7.09. The molecule has 0 aromatic heterocycles. The zero-order chi connectivity index (χ0) is 8.97. The van der Waals surface area contributed by atoms with Gasteiger partial charge in [-0.05, 0) is 25.1 Å². The van der Waals surface area contributed by atoms with Crippen LogP contribution in [-0.2, 0) is 0 Å². The number of benzene rings is 1. The lowest BCUT2D eigenvalue weighted by Crippen LogP contribution is -2.12. The van der Waals surface area contributed by atoms with Crippen molar-refractivity contribution in [2.24, 2.45) is 0 Å². The molecule has 1 atom stereocenters. The molecule has 12 heavy (non-hydrogen) atoms. The van der Waals surface area contributed by atoms with Crippen LogP contribution in [0.2, 0.25) is 5.02 Å². The first-order valence-electron chi connectivity index (χ1n) is 3.75. The molecule has 0 saturated carbocycles. The van der Waals surface area contributed by atoms with Crippen molar-refractivity contribution in [2.75, 3.05) is 6.61 Å². The van der Waals surface area contributed by atoms with Gasteiger partial charge < -0.3 is 9.84 Å². The first kappa shape index (κ1) is 9.36. The van der Waals surface area contributed by atoms with E-state index in [0.717, 1.165) is 0 Å². The average Bonchev–Trinajstić information content (AvgIpc) is 2.01. The molecule has 66 valence electrons. The van der Waals surface area contributed by atoms with E-state index < -0.39 is 6.10 Å². The van der Waals surface area contributed by atoms with Gasteiger partial charge in [0.1, 0.15) is 12.4 Å². The van der Waals surface area contributed by atoms with Gasteiger partial charge >= 0.3 is 0 Å². The number of rotatable bonds is 3. The third-order valence-corrected chi connectivity index (χ3v) is 1.52. The number of halogens is 1. The Morgan fingerprint density at radius 3 is 2.92 bits per heavy atom. The van der Waals surface area contributed by atoms with E-state index in [9.17, 15) is 0 Å². The van der Waals surface area contributed by atoms with Gasteiger partial charge in [-0.25, -0.2) is 0 Å². The molecule has 0 bridgehead atoms. The van der Waals surface area contributed by atoms with Gasteiger partial charge in [-0.15, -0.1) is 0 Å². The largest absolute Gasteiger partial charge is 0.491 e.